The predicted octanol–water partition coefficient (Wildman–Crippen LogP) is 7.58. The third-order valence-electron chi connectivity index (χ3n) is 7.89. The topological polar surface area (TPSA) is 155 Å². The number of hydrogen-bond acceptors (Lipinski definition) is 8. The molecule has 12 heteroatoms. The van der Waals surface area contributed by atoms with Gasteiger partial charge >= 0.3 is 11.9 Å². The predicted molar refractivity (Wildman–Crippen MR) is 233 cm³/mol. The van der Waals surface area contributed by atoms with E-state index in [9.17, 15) is 29.4 Å². The molecule has 0 aliphatic heterocycles. The van der Waals surface area contributed by atoms with E-state index in [2.05, 4.69) is 103 Å². The van der Waals surface area contributed by atoms with E-state index in [4.69, 9.17) is 10.2 Å². The maximum absolute atomic E-state index is 11.1. The van der Waals surface area contributed by atoms with Crippen LogP contribution in [0.25, 0.3) is 0 Å². The van der Waals surface area contributed by atoms with Crippen LogP contribution in [0.1, 0.15) is 52.6 Å². The molecule has 0 bridgehead atoms. The molecule has 60 heavy (non-hydrogen) atoms. The van der Waals surface area contributed by atoms with Crippen LogP contribution in [0.15, 0.2) is 177 Å². The minimum absolute atomic E-state index is 0.0284. The number of quaternary nitrogens is 2. The lowest BCUT2D eigenvalue weighted by molar-refractivity contribution is -0.884. The average Bonchev–Trinajstić information content (AvgIpc) is 3.19. The largest absolute Gasteiger partial charge is 0.545 e. The zero-order chi connectivity index (χ0) is 44.3. The normalized spacial score (nSPS) is 10.6. The fourth-order valence-corrected chi connectivity index (χ4v) is 7.53. The van der Waals surface area contributed by atoms with Crippen molar-refractivity contribution >= 4 is 47.4 Å². The van der Waals surface area contributed by atoms with E-state index in [1.54, 1.807) is 72.8 Å². The van der Waals surface area contributed by atoms with Crippen molar-refractivity contribution in [3.8, 4) is 0 Å². The van der Waals surface area contributed by atoms with E-state index in [-0.39, 0.29) is 22.3 Å². The van der Waals surface area contributed by atoms with Gasteiger partial charge in [-0.1, -0.05) is 145 Å². The van der Waals surface area contributed by atoms with Gasteiger partial charge in [0.2, 0.25) is 0 Å². The highest BCUT2D eigenvalue weighted by Crippen LogP contribution is 2.33. The number of carboxylic acids is 4. The van der Waals surface area contributed by atoms with Crippen molar-refractivity contribution in [1.82, 2.24) is 0 Å². The molecule has 0 atom stereocenters. The van der Waals surface area contributed by atoms with Gasteiger partial charge in [-0.15, -0.1) is 0 Å². The molecule has 0 spiro atoms. The summed E-state index contributed by atoms with van der Waals surface area (Å²) in [6.45, 7) is 2.20. The molecule has 0 saturated heterocycles. The molecule has 6 aromatic rings. The van der Waals surface area contributed by atoms with Gasteiger partial charge in [0.05, 0.1) is 65.4 Å². The fourth-order valence-electron chi connectivity index (χ4n) is 5.41. The summed E-state index contributed by atoms with van der Waals surface area (Å²) in [5, 5.41) is 40.1. The number of benzene rings is 6. The molecule has 0 radical (unpaired) electrons. The Morgan fingerprint density at radius 3 is 0.883 bits per heavy atom. The molecular formula is C48H50N2O8S2. The summed E-state index contributed by atoms with van der Waals surface area (Å²) in [5.41, 5.74) is 3.18. The van der Waals surface area contributed by atoms with Gasteiger partial charge in [-0.25, -0.2) is 9.59 Å². The van der Waals surface area contributed by atoms with Gasteiger partial charge in [-0.3, -0.25) is 0 Å². The number of hydrogen-bond donors (Lipinski definition) is 2. The maximum Gasteiger partial charge on any atom is 0.336 e. The van der Waals surface area contributed by atoms with Crippen LogP contribution in [-0.2, 0) is 13.1 Å². The Labute approximate surface area is 360 Å². The van der Waals surface area contributed by atoms with E-state index in [0.29, 0.717) is 19.6 Å². The van der Waals surface area contributed by atoms with Gasteiger partial charge in [-0.05, 0) is 36.4 Å². The Morgan fingerprint density at radius 1 is 0.400 bits per heavy atom. The van der Waals surface area contributed by atoms with Crippen LogP contribution in [0.3, 0.4) is 0 Å². The number of carboxylic acid groups (broad SMARTS) is 4. The fraction of sp³-hybridized carbons (Fsp3) is 0.167. The SMILES string of the molecule is C[N+](C)(C)Cc1ccccc1.C[N+](C)(C)Cc1ccccc1.O=C(O)c1ccccc1Sc1ccccc1C(=O)O.O=C([O-])c1ccccc1Sc1ccccc1C(=O)[O-]. The first kappa shape index (κ1) is 48.2. The van der Waals surface area contributed by atoms with E-state index < -0.39 is 23.9 Å². The van der Waals surface area contributed by atoms with Crippen LogP contribution in [0.2, 0.25) is 0 Å². The first-order valence-corrected chi connectivity index (χ1v) is 20.3. The van der Waals surface area contributed by atoms with Gasteiger partial charge in [0.1, 0.15) is 13.1 Å². The van der Waals surface area contributed by atoms with Gasteiger partial charge in [0.15, 0.2) is 0 Å². The van der Waals surface area contributed by atoms with Gasteiger partial charge in [-0.2, -0.15) is 0 Å². The highest BCUT2D eigenvalue weighted by molar-refractivity contribution is 7.99. The van der Waals surface area contributed by atoms with Crippen LogP contribution >= 0.6 is 23.5 Å². The summed E-state index contributed by atoms with van der Waals surface area (Å²) in [5.74, 6) is -4.66. The van der Waals surface area contributed by atoms with E-state index in [0.717, 1.165) is 45.6 Å². The second-order valence-corrected chi connectivity index (χ2v) is 17.4. The minimum Gasteiger partial charge on any atom is -0.545 e. The second kappa shape index (κ2) is 23.4. The lowest BCUT2D eigenvalue weighted by Gasteiger charge is -2.23. The van der Waals surface area contributed by atoms with Gasteiger partial charge in [0.25, 0.3) is 0 Å². The van der Waals surface area contributed by atoms with Crippen molar-refractivity contribution < 1.29 is 48.6 Å². The number of carbonyl (C=O) groups excluding carboxylic acids is 2. The Hall–Kier alpha value is -6.18. The highest BCUT2D eigenvalue weighted by atomic mass is 32.2. The molecule has 2 N–H and O–H groups in total. The quantitative estimate of drug-likeness (QED) is 0.118. The summed E-state index contributed by atoms with van der Waals surface area (Å²) in [6, 6.07) is 46.7. The Bertz CT molecular complexity index is 2050. The van der Waals surface area contributed by atoms with E-state index in [1.165, 1.54) is 35.4 Å². The number of rotatable bonds is 12. The molecule has 0 aliphatic carbocycles. The number of nitrogens with zero attached hydrogens (tertiary/aromatic N) is 2. The Morgan fingerprint density at radius 2 is 0.633 bits per heavy atom. The molecule has 0 amide bonds. The van der Waals surface area contributed by atoms with Gasteiger partial charge < -0.3 is 39.0 Å². The first-order valence-electron chi connectivity index (χ1n) is 18.6. The van der Waals surface area contributed by atoms with Crippen LogP contribution < -0.4 is 10.2 Å². The first-order chi connectivity index (χ1) is 28.3. The van der Waals surface area contributed by atoms with E-state index >= 15 is 0 Å². The standard InChI is InChI=1S/2C14H10O4S.2C10H16N/c2*15-13(16)9-5-1-3-7-11(9)19-12-8-4-2-6-10(12)14(17)18;2*1-11(2,3)9-10-7-5-4-6-8-10/h2*1-8H,(H,15,16)(H,17,18);2*4-8H,9H2,1-3H3/q;;2*+1/p-2. The second-order valence-electron chi connectivity index (χ2n) is 15.2. The summed E-state index contributed by atoms with van der Waals surface area (Å²) in [6.07, 6.45) is 0. The molecule has 0 aliphatic rings. The zero-order valence-corrected chi connectivity index (χ0v) is 36.1. The third kappa shape index (κ3) is 17.4. The van der Waals surface area contributed by atoms with Crippen molar-refractivity contribution in [2.45, 2.75) is 32.7 Å². The number of aromatic carboxylic acids is 4. The highest BCUT2D eigenvalue weighted by Gasteiger charge is 2.15. The average molecular weight is 847 g/mol. The monoisotopic (exact) mass is 846 g/mol. The summed E-state index contributed by atoms with van der Waals surface area (Å²) < 4.78 is 1.98. The molecule has 0 fully saturated rings. The molecule has 10 nitrogen and oxygen atoms in total. The molecule has 6 aromatic carbocycles. The molecule has 0 aromatic heterocycles. The van der Waals surface area contributed by atoms with Crippen LogP contribution in [0, 0.1) is 0 Å². The van der Waals surface area contributed by atoms with Gasteiger partial charge in [0, 0.05) is 41.8 Å². The maximum atomic E-state index is 11.1. The zero-order valence-electron chi connectivity index (χ0n) is 34.5. The Balaban J connectivity index is 0.000000221. The van der Waals surface area contributed by atoms with Crippen LogP contribution in [-0.4, -0.2) is 85.3 Å². The van der Waals surface area contributed by atoms with Crippen molar-refractivity contribution in [2.75, 3.05) is 42.3 Å². The van der Waals surface area contributed by atoms with E-state index in [1.807, 2.05) is 0 Å². The molecule has 0 saturated carbocycles. The van der Waals surface area contributed by atoms with Crippen molar-refractivity contribution in [1.29, 1.82) is 0 Å². The Kier molecular flexibility index (Phi) is 18.8. The van der Waals surface area contributed by atoms with Crippen molar-refractivity contribution in [2.24, 2.45) is 0 Å². The lowest BCUT2D eigenvalue weighted by Crippen LogP contribution is -2.33. The lowest BCUT2D eigenvalue weighted by atomic mass is 10.2. The minimum atomic E-state index is -1.30. The summed E-state index contributed by atoms with van der Waals surface area (Å²) in [7, 11) is 13.2. The van der Waals surface area contributed by atoms with Crippen LogP contribution in [0.4, 0.5) is 0 Å². The van der Waals surface area contributed by atoms with Crippen molar-refractivity contribution in [3.05, 3.63) is 191 Å². The molecule has 6 rings (SSSR count). The summed E-state index contributed by atoms with van der Waals surface area (Å²) >= 11 is 2.19. The molecule has 0 heterocycles. The molecule has 312 valence electrons. The van der Waals surface area contributed by atoms with Crippen molar-refractivity contribution in [3.63, 3.8) is 0 Å². The summed E-state index contributed by atoms with van der Waals surface area (Å²) in [4.78, 5) is 46.0. The smallest absolute Gasteiger partial charge is 0.336 e. The third-order valence-corrected chi connectivity index (χ3v) is 10.2. The molecular weight excluding hydrogens is 797 g/mol. The molecule has 0 unspecified atom stereocenters. The van der Waals surface area contributed by atoms with Crippen LogP contribution in [0.5, 0.6) is 0 Å². The number of carbonyl (C=O) groups is 4.